The van der Waals surface area contributed by atoms with Crippen molar-refractivity contribution in [1.29, 1.82) is 0 Å². The molecule has 0 bridgehead atoms. The minimum Gasteiger partial charge on any atom is -0.492 e. The van der Waals surface area contributed by atoms with Gasteiger partial charge in [0.1, 0.15) is 12.4 Å². The summed E-state index contributed by atoms with van der Waals surface area (Å²) in [5.74, 6) is -0.559. The third-order valence-electron chi connectivity index (χ3n) is 4.56. The fourth-order valence-corrected chi connectivity index (χ4v) is 3.22. The summed E-state index contributed by atoms with van der Waals surface area (Å²) >= 11 is 6.00. The molecule has 2 aromatic carbocycles. The standard InChI is InChI=1S/C21H22ClNO4/c1-12-4-6-18(13(2)8-12)23-20(24)14(3)27-21(25)16-9-15-10-17(22)5-7-19(15)26-11-16/h4-8,10,14,16H,9,11H2,1-3H3,(H,23,24)/t14-,16-/m0/s1. The van der Waals surface area contributed by atoms with E-state index in [-0.39, 0.29) is 12.5 Å². The number of carbonyl (C=O) groups is 2. The molecule has 0 radical (unpaired) electrons. The quantitative estimate of drug-likeness (QED) is 0.803. The summed E-state index contributed by atoms with van der Waals surface area (Å²) in [5.41, 5.74) is 3.64. The van der Waals surface area contributed by atoms with E-state index in [1.807, 2.05) is 32.0 Å². The van der Waals surface area contributed by atoms with Crippen molar-refractivity contribution in [2.24, 2.45) is 5.92 Å². The van der Waals surface area contributed by atoms with E-state index in [1.54, 1.807) is 25.1 Å². The molecule has 0 spiro atoms. The van der Waals surface area contributed by atoms with Crippen molar-refractivity contribution in [2.75, 3.05) is 11.9 Å². The third kappa shape index (κ3) is 4.61. The molecule has 142 valence electrons. The zero-order chi connectivity index (χ0) is 19.6. The van der Waals surface area contributed by atoms with Crippen LogP contribution in [0.15, 0.2) is 36.4 Å². The van der Waals surface area contributed by atoms with Crippen molar-refractivity contribution in [1.82, 2.24) is 0 Å². The number of fused-ring (bicyclic) bond motifs is 1. The molecular weight excluding hydrogens is 366 g/mol. The van der Waals surface area contributed by atoms with Gasteiger partial charge in [0, 0.05) is 10.7 Å². The number of nitrogens with one attached hydrogen (secondary N) is 1. The lowest BCUT2D eigenvalue weighted by Crippen LogP contribution is -2.36. The Labute approximate surface area is 163 Å². The van der Waals surface area contributed by atoms with Crippen LogP contribution >= 0.6 is 11.6 Å². The van der Waals surface area contributed by atoms with Gasteiger partial charge in [0.15, 0.2) is 6.10 Å². The number of hydrogen-bond acceptors (Lipinski definition) is 4. The maximum atomic E-state index is 12.5. The second-order valence-electron chi connectivity index (χ2n) is 6.85. The lowest BCUT2D eigenvalue weighted by Gasteiger charge is -2.25. The molecule has 2 atom stereocenters. The number of esters is 1. The average molecular weight is 388 g/mol. The number of hydrogen-bond donors (Lipinski definition) is 1. The van der Waals surface area contributed by atoms with Crippen molar-refractivity contribution >= 4 is 29.2 Å². The Morgan fingerprint density at radius 3 is 2.74 bits per heavy atom. The maximum absolute atomic E-state index is 12.5. The number of carbonyl (C=O) groups excluding carboxylic acids is 2. The van der Waals surface area contributed by atoms with Crippen LogP contribution in [0.5, 0.6) is 5.75 Å². The topological polar surface area (TPSA) is 64.6 Å². The van der Waals surface area contributed by atoms with Crippen molar-refractivity contribution in [2.45, 2.75) is 33.3 Å². The predicted octanol–water partition coefficient (Wildman–Crippen LogP) is 4.08. The van der Waals surface area contributed by atoms with Gasteiger partial charge in [0.2, 0.25) is 0 Å². The van der Waals surface area contributed by atoms with E-state index in [0.29, 0.717) is 17.1 Å². The van der Waals surface area contributed by atoms with E-state index in [9.17, 15) is 9.59 Å². The summed E-state index contributed by atoms with van der Waals surface area (Å²) in [6.07, 6.45) is -0.431. The molecule has 0 fully saturated rings. The first-order valence-electron chi connectivity index (χ1n) is 8.83. The number of anilines is 1. The van der Waals surface area contributed by atoms with Gasteiger partial charge in [-0.1, -0.05) is 29.3 Å². The average Bonchev–Trinajstić information content (AvgIpc) is 2.63. The molecular formula is C21H22ClNO4. The van der Waals surface area contributed by atoms with Crippen LogP contribution in [0.1, 0.15) is 23.6 Å². The van der Waals surface area contributed by atoms with E-state index < -0.39 is 18.0 Å². The van der Waals surface area contributed by atoms with Gasteiger partial charge >= 0.3 is 5.97 Å². The van der Waals surface area contributed by atoms with Gasteiger partial charge in [-0.15, -0.1) is 0 Å². The minimum absolute atomic E-state index is 0.221. The van der Waals surface area contributed by atoms with Crippen LogP contribution in [0.4, 0.5) is 5.69 Å². The summed E-state index contributed by atoms with van der Waals surface area (Å²) < 4.78 is 11.0. The van der Waals surface area contributed by atoms with Gasteiger partial charge < -0.3 is 14.8 Å². The number of aryl methyl sites for hydroxylation is 2. The van der Waals surface area contributed by atoms with Gasteiger partial charge in [-0.05, 0) is 62.6 Å². The highest BCUT2D eigenvalue weighted by atomic mass is 35.5. The summed E-state index contributed by atoms with van der Waals surface area (Å²) in [6.45, 7) is 5.69. The van der Waals surface area contributed by atoms with Gasteiger partial charge in [-0.3, -0.25) is 9.59 Å². The van der Waals surface area contributed by atoms with Crippen LogP contribution in [0.3, 0.4) is 0 Å². The fraction of sp³-hybridized carbons (Fsp3) is 0.333. The van der Waals surface area contributed by atoms with E-state index in [4.69, 9.17) is 21.1 Å². The molecule has 6 heteroatoms. The first kappa shape index (κ1) is 19.2. The second kappa shape index (κ2) is 8.01. The number of ether oxygens (including phenoxy) is 2. The van der Waals surface area contributed by atoms with Crippen LogP contribution in [0, 0.1) is 19.8 Å². The Bertz CT molecular complexity index is 880. The van der Waals surface area contributed by atoms with Crippen molar-refractivity contribution in [3.63, 3.8) is 0 Å². The fourth-order valence-electron chi connectivity index (χ4n) is 3.03. The molecule has 1 amide bonds. The second-order valence-corrected chi connectivity index (χ2v) is 7.29. The molecule has 27 heavy (non-hydrogen) atoms. The molecule has 2 aromatic rings. The van der Waals surface area contributed by atoms with E-state index in [1.165, 1.54) is 0 Å². The summed E-state index contributed by atoms with van der Waals surface area (Å²) in [6, 6.07) is 11.1. The molecule has 0 unspecified atom stereocenters. The molecule has 3 rings (SSSR count). The highest BCUT2D eigenvalue weighted by Crippen LogP contribution is 2.30. The van der Waals surface area contributed by atoms with Gasteiger partial charge in [0.05, 0.1) is 5.92 Å². The Morgan fingerprint density at radius 1 is 1.22 bits per heavy atom. The molecule has 5 nitrogen and oxygen atoms in total. The van der Waals surface area contributed by atoms with Crippen LogP contribution in [0.25, 0.3) is 0 Å². The number of benzene rings is 2. The van der Waals surface area contributed by atoms with Crippen molar-refractivity contribution < 1.29 is 19.1 Å². The third-order valence-corrected chi connectivity index (χ3v) is 4.80. The first-order valence-corrected chi connectivity index (χ1v) is 9.21. The SMILES string of the molecule is Cc1ccc(NC(=O)[C@H](C)OC(=O)[C@@H]2COc3ccc(Cl)cc3C2)c(C)c1. The largest absolute Gasteiger partial charge is 0.492 e. The zero-order valence-corrected chi connectivity index (χ0v) is 16.3. The van der Waals surface area contributed by atoms with E-state index in [2.05, 4.69) is 5.32 Å². The number of rotatable bonds is 4. The first-order chi connectivity index (χ1) is 12.8. The summed E-state index contributed by atoms with van der Waals surface area (Å²) in [4.78, 5) is 24.8. The lowest BCUT2D eigenvalue weighted by atomic mass is 9.97. The molecule has 0 saturated carbocycles. The Hall–Kier alpha value is -2.53. The van der Waals surface area contributed by atoms with E-state index in [0.717, 1.165) is 22.4 Å². The van der Waals surface area contributed by atoms with E-state index >= 15 is 0 Å². The lowest BCUT2D eigenvalue weighted by molar-refractivity contribution is -0.158. The minimum atomic E-state index is -0.904. The highest BCUT2D eigenvalue weighted by molar-refractivity contribution is 6.30. The normalized spacial score (nSPS) is 16.7. The van der Waals surface area contributed by atoms with Crippen LogP contribution in [-0.4, -0.2) is 24.6 Å². The molecule has 1 heterocycles. The number of halogens is 1. The van der Waals surface area contributed by atoms with Gasteiger partial charge in [-0.25, -0.2) is 0 Å². The maximum Gasteiger partial charge on any atom is 0.313 e. The van der Waals surface area contributed by atoms with Crippen LogP contribution in [-0.2, 0) is 20.7 Å². The summed E-state index contributed by atoms with van der Waals surface area (Å²) in [7, 11) is 0. The predicted molar refractivity (Wildman–Crippen MR) is 104 cm³/mol. The van der Waals surface area contributed by atoms with Gasteiger partial charge in [0.25, 0.3) is 5.91 Å². The molecule has 1 N–H and O–H groups in total. The monoisotopic (exact) mass is 387 g/mol. The zero-order valence-electron chi connectivity index (χ0n) is 15.5. The number of amides is 1. The Kier molecular flexibility index (Phi) is 5.71. The molecule has 0 aromatic heterocycles. The highest BCUT2D eigenvalue weighted by Gasteiger charge is 2.30. The molecule has 0 saturated heterocycles. The van der Waals surface area contributed by atoms with Crippen molar-refractivity contribution in [3.05, 3.63) is 58.1 Å². The molecule has 1 aliphatic heterocycles. The Balaban J connectivity index is 1.59. The van der Waals surface area contributed by atoms with Crippen molar-refractivity contribution in [3.8, 4) is 5.75 Å². The molecule has 0 aliphatic carbocycles. The summed E-state index contributed by atoms with van der Waals surface area (Å²) in [5, 5.41) is 3.39. The van der Waals surface area contributed by atoms with Crippen LogP contribution in [0.2, 0.25) is 5.02 Å². The van der Waals surface area contributed by atoms with Crippen LogP contribution < -0.4 is 10.1 Å². The van der Waals surface area contributed by atoms with Gasteiger partial charge in [-0.2, -0.15) is 0 Å². The molecule has 1 aliphatic rings. The Morgan fingerprint density at radius 2 is 2.00 bits per heavy atom. The smallest absolute Gasteiger partial charge is 0.313 e.